The fraction of sp³-hybridized carbons (Fsp3) is 0.130. The van der Waals surface area contributed by atoms with Crippen molar-refractivity contribution in [2.45, 2.75) is 13.3 Å². The van der Waals surface area contributed by atoms with Gasteiger partial charge in [0.25, 0.3) is 0 Å². The topological polar surface area (TPSA) is 52.3 Å². The molecule has 0 N–H and O–H groups in total. The molecule has 1 heterocycles. The van der Waals surface area contributed by atoms with Gasteiger partial charge in [-0.2, -0.15) is 0 Å². The third-order valence-electron chi connectivity index (χ3n) is 4.32. The smallest absolute Gasteiger partial charge is 0.310 e. The average molecular weight is 357 g/mol. The van der Waals surface area contributed by atoms with Gasteiger partial charge < -0.3 is 9.15 Å². The van der Waals surface area contributed by atoms with Crippen molar-refractivity contribution in [3.63, 3.8) is 0 Å². The molecule has 1 aromatic heterocycles. The van der Waals surface area contributed by atoms with Crippen molar-refractivity contribution in [2.75, 3.05) is 6.61 Å². The van der Waals surface area contributed by atoms with Crippen LogP contribution in [0.1, 0.15) is 12.5 Å². The monoisotopic (exact) mass is 357 g/mol. The van der Waals surface area contributed by atoms with Gasteiger partial charge in [-0.15, -0.1) is 0 Å². The molecule has 0 aliphatic carbocycles. The highest BCUT2D eigenvalue weighted by atomic mass is 16.5. The summed E-state index contributed by atoms with van der Waals surface area (Å²) in [4.78, 5) is 16.4. The molecule has 0 saturated heterocycles. The first-order chi connectivity index (χ1) is 13.2. The molecule has 0 fully saturated rings. The summed E-state index contributed by atoms with van der Waals surface area (Å²) in [6, 6.07) is 23.8. The maximum absolute atomic E-state index is 11.7. The fourth-order valence-electron chi connectivity index (χ4n) is 3.05. The van der Waals surface area contributed by atoms with Crippen LogP contribution in [0.4, 0.5) is 0 Å². The average Bonchev–Trinajstić information content (AvgIpc) is 3.12. The Kier molecular flexibility index (Phi) is 4.71. The van der Waals surface area contributed by atoms with E-state index in [4.69, 9.17) is 9.15 Å². The summed E-state index contributed by atoms with van der Waals surface area (Å²) in [7, 11) is 0. The minimum Gasteiger partial charge on any atom is -0.466 e. The molecule has 27 heavy (non-hydrogen) atoms. The zero-order valence-corrected chi connectivity index (χ0v) is 15.0. The number of oxazole rings is 1. The van der Waals surface area contributed by atoms with Crippen molar-refractivity contribution in [3.8, 4) is 22.6 Å². The lowest BCUT2D eigenvalue weighted by Gasteiger charge is -2.03. The zero-order chi connectivity index (χ0) is 18.6. The molecule has 0 spiro atoms. The van der Waals surface area contributed by atoms with Gasteiger partial charge in [0, 0.05) is 5.56 Å². The molecule has 0 saturated carbocycles. The van der Waals surface area contributed by atoms with Crippen LogP contribution in [-0.2, 0) is 16.0 Å². The number of nitrogens with zero attached hydrogens (tertiary/aromatic N) is 1. The third kappa shape index (κ3) is 3.75. The Labute approximate surface area is 157 Å². The van der Waals surface area contributed by atoms with Crippen molar-refractivity contribution in [1.82, 2.24) is 4.98 Å². The summed E-state index contributed by atoms with van der Waals surface area (Å²) in [5.74, 6) is 0.306. The van der Waals surface area contributed by atoms with Crippen LogP contribution in [0, 0.1) is 0 Å². The molecule has 0 aliphatic heterocycles. The quantitative estimate of drug-likeness (QED) is 0.457. The Morgan fingerprint density at radius 1 is 0.926 bits per heavy atom. The molecule has 4 heteroatoms. The van der Waals surface area contributed by atoms with Gasteiger partial charge in [0.2, 0.25) is 5.89 Å². The summed E-state index contributed by atoms with van der Waals surface area (Å²) in [5.41, 5.74) is 5.49. The van der Waals surface area contributed by atoms with Crippen molar-refractivity contribution < 1.29 is 13.9 Å². The summed E-state index contributed by atoms with van der Waals surface area (Å²) < 4.78 is 10.9. The van der Waals surface area contributed by atoms with Crippen LogP contribution in [0.2, 0.25) is 0 Å². The number of hydrogen-bond donors (Lipinski definition) is 0. The molecule has 134 valence electrons. The van der Waals surface area contributed by atoms with Gasteiger partial charge in [0.15, 0.2) is 5.58 Å². The van der Waals surface area contributed by atoms with Gasteiger partial charge in [-0.3, -0.25) is 4.79 Å². The number of aromatic nitrogens is 1. The Morgan fingerprint density at radius 3 is 2.56 bits per heavy atom. The second-order valence-corrected chi connectivity index (χ2v) is 6.25. The molecular formula is C23H19NO3. The minimum absolute atomic E-state index is 0.236. The lowest BCUT2D eigenvalue weighted by atomic mass is 10.1. The van der Waals surface area contributed by atoms with Crippen LogP contribution < -0.4 is 0 Å². The molecule has 4 rings (SSSR count). The number of carbonyl (C=O) groups is 1. The Hall–Kier alpha value is -3.40. The van der Waals surface area contributed by atoms with Crippen molar-refractivity contribution in [2.24, 2.45) is 0 Å². The Bertz CT molecular complexity index is 1080. The van der Waals surface area contributed by atoms with Crippen LogP contribution >= 0.6 is 0 Å². The van der Waals surface area contributed by atoms with Crippen LogP contribution in [0.25, 0.3) is 33.7 Å². The molecule has 0 amide bonds. The molecule has 0 atom stereocenters. The van der Waals surface area contributed by atoms with Crippen LogP contribution in [0.15, 0.2) is 77.2 Å². The number of esters is 1. The second-order valence-electron chi connectivity index (χ2n) is 6.25. The molecule has 0 radical (unpaired) electrons. The van der Waals surface area contributed by atoms with Crippen LogP contribution in [-0.4, -0.2) is 17.6 Å². The molecule has 0 aliphatic rings. The third-order valence-corrected chi connectivity index (χ3v) is 4.32. The van der Waals surface area contributed by atoms with Gasteiger partial charge in [-0.25, -0.2) is 4.98 Å². The number of hydrogen-bond acceptors (Lipinski definition) is 4. The van der Waals surface area contributed by atoms with E-state index in [0.29, 0.717) is 12.5 Å². The number of benzene rings is 3. The molecular weight excluding hydrogens is 338 g/mol. The highest BCUT2D eigenvalue weighted by Crippen LogP contribution is 2.28. The summed E-state index contributed by atoms with van der Waals surface area (Å²) in [6.07, 6.45) is 0.236. The van der Waals surface area contributed by atoms with Gasteiger partial charge >= 0.3 is 5.97 Å². The first-order valence-corrected chi connectivity index (χ1v) is 8.94. The Balaban J connectivity index is 1.65. The number of carbonyl (C=O) groups excluding carboxylic acids is 1. The SMILES string of the molecule is CCOC(=O)Cc1cccc(-c2nc3cc(-c4ccccc4)ccc3o2)c1. The normalized spacial score (nSPS) is 10.9. The van der Waals surface area contributed by atoms with Gasteiger partial charge in [0.1, 0.15) is 5.52 Å². The summed E-state index contributed by atoms with van der Waals surface area (Å²) in [6.45, 7) is 2.18. The largest absolute Gasteiger partial charge is 0.466 e. The molecule has 4 aromatic rings. The van der Waals surface area contributed by atoms with Gasteiger partial charge in [-0.1, -0.05) is 48.5 Å². The number of rotatable bonds is 5. The van der Waals surface area contributed by atoms with E-state index < -0.39 is 0 Å². The molecule has 0 unspecified atom stereocenters. The van der Waals surface area contributed by atoms with Gasteiger partial charge in [-0.05, 0) is 47.9 Å². The highest BCUT2D eigenvalue weighted by Gasteiger charge is 2.11. The van der Waals surface area contributed by atoms with E-state index in [1.165, 1.54) is 0 Å². The van der Waals surface area contributed by atoms with Gasteiger partial charge in [0.05, 0.1) is 13.0 Å². The van der Waals surface area contributed by atoms with E-state index in [1.54, 1.807) is 6.92 Å². The van der Waals surface area contributed by atoms with Crippen LogP contribution in [0.5, 0.6) is 0 Å². The first-order valence-electron chi connectivity index (χ1n) is 8.94. The maximum atomic E-state index is 11.7. The minimum atomic E-state index is -0.236. The standard InChI is InChI=1S/C23H19NO3/c1-2-26-22(25)14-16-7-6-10-19(13-16)23-24-20-15-18(11-12-21(20)27-23)17-8-4-3-5-9-17/h3-13,15H,2,14H2,1H3. The lowest BCUT2D eigenvalue weighted by Crippen LogP contribution is -2.07. The van der Waals surface area contributed by atoms with E-state index in [9.17, 15) is 4.79 Å². The van der Waals surface area contributed by atoms with E-state index in [2.05, 4.69) is 17.1 Å². The van der Waals surface area contributed by atoms with E-state index in [1.807, 2.05) is 60.7 Å². The summed E-state index contributed by atoms with van der Waals surface area (Å²) in [5, 5.41) is 0. The summed E-state index contributed by atoms with van der Waals surface area (Å²) >= 11 is 0. The predicted molar refractivity (Wildman–Crippen MR) is 105 cm³/mol. The number of fused-ring (bicyclic) bond motifs is 1. The van der Waals surface area contributed by atoms with Crippen molar-refractivity contribution in [3.05, 3.63) is 78.4 Å². The Morgan fingerprint density at radius 2 is 1.74 bits per heavy atom. The predicted octanol–water partition coefficient (Wildman–Crippen LogP) is 5.27. The van der Waals surface area contributed by atoms with Crippen LogP contribution in [0.3, 0.4) is 0 Å². The van der Waals surface area contributed by atoms with E-state index >= 15 is 0 Å². The molecule has 3 aromatic carbocycles. The molecule has 0 bridgehead atoms. The van der Waals surface area contributed by atoms with Crippen molar-refractivity contribution >= 4 is 17.1 Å². The van der Waals surface area contributed by atoms with E-state index in [-0.39, 0.29) is 12.4 Å². The zero-order valence-electron chi connectivity index (χ0n) is 15.0. The fourth-order valence-corrected chi connectivity index (χ4v) is 3.05. The van der Waals surface area contributed by atoms with E-state index in [0.717, 1.165) is 33.4 Å². The first kappa shape index (κ1) is 17.0. The lowest BCUT2D eigenvalue weighted by molar-refractivity contribution is -0.142. The number of ether oxygens (including phenoxy) is 1. The molecule has 4 nitrogen and oxygen atoms in total. The second kappa shape index (κ2) is 7.46. The highest BCUT2D eigenvalue weighted by molar-refractivity contribution is 5.82. The van der Waals surface area contributed by atoms with Crippen molar-refractivity contribution in [1.29, 1.82) is 0 Å². The maximum Gasteiger partial charge on any atom is 0.310 e.